The molecule has 0 spiro atoms. The molecule has 0 amide bonds. The second-order valence-electron chi connectivity index (χ2n) is 8.89. The van der Waals surface area contributed by atoms with Crippen molar-refractivity contribution >= 4 is 34.3 Å². The van der Waals surface area contributed by atoms with Crippen LogP contribution in [-0.4, -0.2) is 32.7 Å². The maximum atomic E-state index is 15.0. The molecule has 2 N–H and O–H groups in total. The molecular formula is C26H19F2N5O3. The van der Waals surface area contributed by atoms with Gasteiger partial charge in [-0.2, -0.15) is 5.10 Å². The summed E-state index contributed by atoms with van der Waals surface area (Å²) in [6.07, 6.45) is 5.20. The first-order chi connectivity index (χ1) is 17.4. The highest BCUT2D eigenvalue weighted by molar-refractivity contribution is 5.99. The molecule has 0 radical (unpaired) electrons. The highest BCUT2D eigenvalue weighted by atomic mass is 19.1. The summed E-state index contributed by atoms with van der Waals surface area (Å²) in [5, 5.41) is 4.54. The van der Waals surface area contributed by atoms with Gasteiger partial charge in [0, 0.05) is 23.1 Å². The number of rotatable bonds is 4. The predicted molar refractivity (Wildman–Crippen MR) is 132 cm³/mol. The molecule has 36 heavy (non-hydrogen) atoms. The van der Waals surface area contributed by atoms with Crippen LogP contribution in [-0.2, 0) is 6.54 Å². The van der Waals surface area contributed by atoms with E-state index in [2.05, 4.69) is 15.5 Å². The fourth-order valence-corrected chi connectivity index (χ4v) is 4.93. The van der Waals surface area contributed by atoms with Gasteiger partial charge in [0.15, 0.2) is 6.29 Å². The van der Waals surface area contributed by atoms with Crippen LogP contribution in [0.1, 0.15) is 16.1 Å². The van der Waals surface area contributed by atoms with E-state index in [1.54, 1.807) is 43.5 Å². The van der Waals surface area contributed by atoms with Crippen LogP contribution in [0.15, 0.2) is 74.6 Å². The van der Waals surface area contributed by atoms with Crippen molar-refractivity contribution < 1.29 is 13.6 Å². The summed E-state index contributed by atoms with van der Waals surface area (Å²) in [6, 6.07) is 8.98. The van der Waals surface area contributed by atoms with Gasteiger partial charge in [-0.1, -0.05) is 18.2 Å². The van der Waals surface area contributed by atoms with Crippen LogP contribution in [0.2, 0.25) is 0 Å². The molecule has 3 heterocycles. The van der Waals surface area contributed by atoms with Crippen molar-refractivity contribution in [2.24, 2.45) is 11.0 Å². The van der Waals surface area contributed by atoms with E-state index in [1.165, 1.54) is 22.8 Å². The number of nitrogens with one attached hydrogen (secondary N) is 2. The molecule has 2 aromatic heterocycles. The van der Waals surface area contributed by atoms with Crippen LogP contribution in [0.25, 0.3) is 27.5 Å². The first kappa shape index (κ1) is 21.9. The van der Waals surface area contributed by atoms with Crippen LogP contribution in [0.5, 0.6) is 0 Å². The number of nitrogens with zero attached hydrogens (tertiary/aromatic N) is 3. The van der Waals surface area contributed by atoms with Crippen LogP contribution < -0.4 is 16.7 Å². The summed E-state index contributed by atoms with van der Waals surface area (Å²) in [5.41, 5.74) is 2.61. The smallest absolute Gasteiger partial charge is 0.332 e. The Morgan fingerprint density at radius 1 is 1.11 bits per heavy atom. The van der Waals surface area contributed by atoms with Crippen molar-refractivity contribution in [1.82, 2.24) is 19.5 Å². The molecule has 4 aromatic rings. The van der Waals surface area contributed by atoms with Gasteiger partial charge in [-0.05, 0) is 42.8 Å². The van der Waals surface area contributed by atoms with Gasteiger partial charge in [-0.3, -0.25) is 9.59 Å². The molecule has 2 atom stereocenters. The fraction of sp³-hybridized carbons (Fsp3) is 0.154. The van der Waals surface area contributed by atoms with Crippen LogP contribution in [0, 0.1) is 18.7 Å². The molecule has 2 unspecified atom stereocenters. The van der Waals surface area contributed by atoms with Gasteiger partial charge < -0.3 is 15.0 Å². The number of aromatic amines is 1. The van der Waals surface area contributed by atoms with Gasteiger partial charge in [0.05, 0.1) is 34.7 Å². The van der Waals surface area contributed by atoms with Gasteiger partial charge in [0.25, 0.3) is 5.56 Å². The number of aromatic nitrogens is 3. The number of allylic oxidation sites excluding steroid dienone is 2. The summed E-state index contributed by atoms with van der Waals surface area (Å²) in [5.74, 6) is -1.25. The number of fused-ring (bicyclic) bond motifs is 3. The lowest BCUT2D eigenvalue weighted by Crippen LogP contribution is -2.34. The number of hydrogen-bond acceptors (Lipinski definition) is 5. The predicted octanol–water partition coefficient (Wildman–Crippen LogP) is 3.26. The van der Waals surface area contributed by atoms with Crippen molar-refractivity contribution in [3.05, 3.63) is 97.9 Å². The minimum atomic E-state index is -0.749. The van der Waals surface area contributed by atoms with Crippen molar-refractivity contribution in [1.29, 1.82) is 0 Å². The molecule has 0 saturated heterocycles. The second kappa shape index (κ2) is 7.98. The van der Waals surface area contributed by atoms with Gasteiger partial charge in [0.1, 0.15) is 17.3 Å². The zero-order chi connectivity index (χ0) is 25.1. The SMILES string of the molecule is Cc1cc2c(-n3c(=O)[nH]c4ccccc4c3=O)c(C=O)n(CC3=CC4NN=CC4C=C3F)c2cc1F. The molecule has 0 fully saturated rings. The quantitative estimate of drug-likeness (QED) is 0.432. The average Bonchev–Trinajstić information content (AvgIpc) is 3.42. The number of aryl methyl sites for hydroxylation is 1. The second-order valence-corrected chi connectivity index (χ2v) is 8.89. The third-order valence-electron chi connectivity index (χ3n) is 6.74. The first-order valence-corrected chi connectivity index (χ1v) is 11.3. The number of hydrazone groups is 1. The van der Waals surface area contributed by atoms with E-state index in [-0.39, 0.29) is 51.9 Å². The summed E-state index contributed by atoms with van der Waals surface area (Å²) in [4.78, 5) is 41.6. The Kier molecular flexibility index (Phi) is 4.85. The summed E-state index contributed by atoms with van der Waals surface area (Å²) < 4.78 is 32.0. The Bertz CT molecular complexity index is 1810. The maximum Gasteiger partial charge on any atom is 0.333 e. The fourth-order valence-electron chi connectivity index (χ4n) is 4.93. The number of carbonyl (C=O) groups excluding carboxylic acids is 1. The summed E-state index contributed by atoms with van der Waals surface area (Å²) in [6.45, 7) is 1.42. The van der Waals surface area contributed by atoms with Gasteiger partial charge in [0.2, 0.25) is 0 Å². The molecule has 180 valence electrons. The lowest BCUT2D eigenvalue weighted by Gasteiger charge is -2.20. The van der Waals surface area contributed by atoms with E-state index in [9.17, 15) is 18.8 Å². The van der Waals surface area contributed by atoms with E-state index >= 15 is 4.39 Å². The summed E-state index contributed by atoms with van der Waals surface area (Å²) >= 11 is 0. The van der Waals surface area contributed by atoms with Gasteiger partial charge in [-0.15, -0.1) is 0 Å². The van der Waals surface area contributed by atoms with Gasteiger partial charge >= 0.3 is 5.69 Å². The third-order valence-corrected chi connectivity index (χ3v) is 6.74. The zero-order valence-electron chi connectivity index (χ0n) is 19.0. The molecule has 6 rings (SSSR count). The molecule has 10 heteroatoms. The van der Waals surface area contributed by atoms with E-state index in [1.807, 2.05) is 0 Å². The van der Waals surface area contributed by atoms with Crippen LogP contribution >= 0.6 is 0 Å². The number of H-pyrrole nitrogens is 1. The minimum absolute atomic E-state index is 0.0149. The summed E-state index contributed by atoms with van der Waals surface area (Å²) in [7, 11) is 0. The molecule has 2 aromatic carbocycles. The molecule has 2 aliphatic rings. The third kappa shape index (κ3) is 3.18. The number of hydrogen-bond donors (Lipinski definition) is 2. The highest BCUT2D eigenvalue weighted by Gasteiger charge is 2.29. The Balaban J connectivity index is 1.64. The Morgan fingerprint density at radius 3 is 2.72 bits per heavy atom. The van der Waals surface area contributed by atoms with E-state index < -0.39 is 22.9 Å². The number of para-hydroxylation sites is 1. The molecule has 0 bridgehead atoms. The zero-order valence-corrected chi connectivity index (χ0v) is 19.0. The monoisotopic (exact) mass is 487 g/mol. The lowest BCUT2D eigenvalue weighted by atomic mass is 9.93. The Morgan fingerprint density at radius 2 is 1.92 bits per heavy atom. The number of benzene rings is 2. The van der Waals surface area contributed by atoms with E-state index in [0.29, 0.717) is 17.2 Å². The standard InChI is InChI=1S/C26H19F2N5O3/c1-13-6-17-22(9-18(13)27)32(11-15-8-21-14(7-19(15)28)10-29-31-21)23(12-34)24(17)33-25(35)16-4-2-3-5-20(16)30-26(33)36/h2-10,12,14,21,31H,11H2,1H3,(H,30,36). The number of carbonyl (C=O) groups is 1. The molecular weight excluding hydrogens is 468 g/mol. The maximum absolute atomic E-state index is 15.0. The molecule has 0 saturated carbocycles. The molecule has 1 aliphatic carbocycles. The molecule has 1 aliphatic heterocycles. The van der Waals surface area contributed by atoms with Crippen molar-refractivity contribution in [2.45, 2.75) is 19.5 Å². The largest absolute Gasteiger partial charge is 0.333 e. The van der Waals surface area contributed by atoms with E-state index in [0.717, 1.165) is 4.57 Å². The average molecular weight is 487 g/mol. The first-order valence-electron chi connectivity index (χ1n) is 11.3. The van der Waals surface area contributed by atoms with Crippen molar-refractivity contribution in [3.63, 3.8) is 0 Å². The van der Waals surface area contributed by atoms with Gasteiger partial charge in [-0.25, -0.2) is 18.1 Å². The normalized spacial score (nSPS) is 18.8. The highest BCUT2D eigenvalue weighted by Crippen LogP contribution is 2.33. The number of aldehydes is 1. The minimum Gasteiger partial charge on any atom is -0.332 e. The topological polar surface area (TPSA) is 101 Å². The van der Waals surface area contributed by atoms with E-state index in [4.69, 9.17) is 0 Å². The Hall–Kier alpha value is -4.60. The van der Waals surface area contributed by atoms with Crippen LogP contribution in [0.4, 0.5) is 8.78 Å². The van der Waals surface area contributed by atoms with Crippen molar-refractivity contribution in [3.8, 4) is 5.69 Å². The molecule has 8 nitrogen and oxygen atoms in total. The van der Waals surface area contributed by atoms with Crippen molar-refractivity contribution in [2.75, 3.05) is 0 Å². The van der Waals surface area contributed by atoms with Crippen LogP contribution in [0.3, 0.4) is 0 Å². The Labute approximate surface area is 201 Å². The lowest BCUT2D eigenvalue weighted by molar-refractivity contribution is 0.111. The number of halogens is 2.